The summed E-state index contributed by atoms with van der Waals surface area (Å²) < 4.78 is 5.32. The zero-order chi connectivity index (χ0) is 14.1. The molecule has 0 aliphatic carbocycles. The van der Waals surface area contributed by atoms with Crippen molar-refractivity contribution in [3.8, 4) is 33.4 Å². The molecule has 4 rings (SSSR count). The van der Waals surface area contributed by atoms with Crippen LogP contribution in [0, 0.1) is 0 Å². The van der Waals surface area contributed by atoms with Crippen LogP contribution in [-0.2, 0) is 0 Å². The Morgan fingerprint density at radius 3 is 2.81 bits per heavy atom. The maximum atomic E-state index is 5.32. The molecule has 3 heterocycles. The Bertz CT molecular complexity index is 850. The Morgan fingerprint density at radius 1 is 1.05 bits per heavy atom. The lowest BCUT2D eigenvalue weighted by Crippen LogP contribution is -1.83. The average molecular weight is 294 g/mol. The molecule has 4 aromatic rings. The summed E-state index contributed by atoms with van der Waals surface area (Å²) in [6.45, 7) is 0. The number of rotatable bonds is 3. The summed E-state index contributed by atoms with van der Waals surface area (Å²) in [7, 11) is 0. The minimum atomic E-state index is 0.548. The second-order valence-corrected chi connectivity index (χ2v) is 5.40. The molecular formula is C15H10N4OS. The van der Waals surface area contributed by atoms with Gasteiger partial charge in [-0.15, -0.1) is 11.3 Å². The normalized spacial score (nSPS) is 10.9. The van der Waals surface area contributed by atoms with Crippen molar-refractivity contribution in [2.75, 3.05) is 0 Å². The molecule has 6 heteroatoms. The van der Waals surface area contributed by atoms with Crippen molar-refractivity contribution in [2.24, 2.45) is 0 Å². The monoisotopic (exact) mass is 294 g/mol. The van der Waals surface area contributed by atoms with Gasteiger partial charge in [-0.2, -0.15) is 10.1 Å². The van der Waals surface area contributed by atoms with Crippen LogP contribution in [0.15, 0.2) is 58.6 Å². The van der Waals surface area contributed by atoms with Crippen LogP contribution < -0.4 is 0 Å². The van der Waals surface area contributed by atoms with Gasteiger partial charge in [-0.05, 0) is 23.6 Å². The maximum absolute atomic E-state index is 5.32. The van der Waals surface area contributed by atoms with Crippen LogP contribution in [0.3, 0.4) is 0 Å². The van der Waals surface area contributed by atoms with Crippen molar-refractivity contribution in [2.45, 2.75) is 0 Å². The topological polar surface area (TPSA) is 67.6 Å². The van der Waals surface area contributed by atoms with E-state index >= 15 is 0 Å². The summed E-state index contributed by atoms with van der Waals surface area (Å²) in [6, 6.07) is 13.8. The van der Waals surface area contributed by atoms with E-state index in [1.165, 1.54) is 0 Å². The lowest BCUT2D eigenvalue weighted by molar-refractivity contribution is 0.433. The molecule has 0 radical (unpaired) electrons. The summed E-state index contributed by atoms with van der Waals surface area (Å²) in [5, 5.41) is 13.0. The number of hydrogen-bond donors (Lipinski definition) is 1. The number of aromatic amines is 1. The maximum Gasteiger partial charge on any atom is 0.268 e. The second-order valence-electron chi connectivity index (χ2n) is 4.45. The first-order valence-electron chi connectivity index (χ1n) is 6.38. The van der Waals surface area contributed by atoms with E-state index in [0.717, 1.165) is 21.7 Å². The molecule has 0 aliphatic heterocycles. The van der Waals surface area contributed by atoms with Gasteiger partial charge < -0.3 is 4.52 Å². The van der Waals surface area contributed by atoms with E-state index in [0.29, 0.717) is 11.7 Å². The van der Waals surface area contributed by atoms with Crippen LogP contribution in [-0.4, -0.2) is 20.3 Å². The minimum absolute atomic E-state index is 0.548. The van der Waals surface area contributed by atoms with Gasteiger partial charge in [0, 0.05) is 17.3 Å². The Kier molecular flexibility index (Phi) is 2.86. The number of nitrogens with one attached hydrogen (secondary N) is 1. The summed E-state index contributed by atoms with van der Waals surface area (Å²) in [5.74, 6) is 1.13. The minimum Gasteiger partial charge on any atom is -0.333 e. The molecule has 0 saturated heterocycles. The number of thiophene rings is 1. The smallest absolute Gasteiger partial charge is 0.268 e. The molecule has 0 aliphatic rings. The zero-order valence-electron chi connectivity index (χ0n) is 10.9. The Hall–Kier alpha value is -2.73. The Labute approximate surface area is 124 Å². The van der Waals surface area contributed by atoms with E-state index < -0.39 is 0 Å². The fourth-order valence-corrected chi connectivity index (χ4v) is 2.73. The fraction of sp³-hybridized carbons (Fsp3) is 0. The van der Waals surface area contributed by atoms with Crippen LogP contribution in [0.25, 0.3) is 33.4 Å². The molecule has 0 fully saturated rings. The summed E-state index contributed by atoms with van der Waals surface area (Å²) in [6.07, 6.45) is 1.73. The van der Waals surface area contributed by atoms with Crippen LogP contribution in [0.5, 0.6) is 0 Å². The van der Waals surface area contributed by atoms with Crippen molar-refractivity contribution >= 4 is 11.3 Å². The van der Waals surface area contributed by atoms with Crippen molar-refractivity contribution < 1.29 is 4.52 Å². The highest BCUT2D eigenvalue weighted by molar-refractivity contribution is 7.13. The third kappa shape index (κ3) is 2.25. The molecule has 0 amide bonds. The van der Waals surface area contributed by atoms with Gasteiger partial charge in [0.15, 0.2) is 0 Å². The number of nitrogens with zero attached hydrogens (tertiary/aromatic N) is 3. The van der Waals surface area contributed by atoms with E-state index in [1.54, 1.807) is 17.5 Å². The van der Waals surface area contributed by atoms with Gasteiger partial charge in [0.25, 0.3) is 5.89 Å². The van der Waals surface area contributed by atoms with Crippen molar-refractivity contribution in [3.05, 3.63) is 54.0 Å². The van der Waals surface area contributed by atoms with Gasteiger partial charge >= 0.3 is 0 Å². The molecule has 1 N–H and O–H groups in total. The van der Waals surface area contributed by atoms with Crippen molar-refractivity contribution in [3.63, 3.8) is 0 Å². The molecule has 21 heavy (non-hydrogen) atoms. The highest BCUT2D eigenvalue weighted by atomic mass is 32.1. The first-order chi connectivity index (χ1) is 10.4. The first kappa shape index (κ1) is 12.0. The third-order valence-corrected chi connectivity index (χ3v) is 3.95. The largest absolute Gasteiger partial charge is 0.333 e. The van der Waals surface area contributed by atoms with E-state index in [4.69, 9.17) is 4.52 Å². The molecule has 3 aromatic heterocycles. The lowest BCUT2D eigenvalue weighted by atomic mass is 10.1. The molecule has 0 bridgehead atoms. The summed E-state index contributed by atoms with van der Waals surface area (Å²) >= 11 is 1.58. The Balaban J connectivity index is 1.72. The lowest BCUT2D eigenvalue weighted by Gasteiger charge is -1.99. The fourth-order valence-electron chi connectivity index (χ4n) is 2.08. The van der Waals surface area contributed by atoms with Crippen LogP contribution >= 0.6 is 11.3 Å². The third-order valence-electron chi connectivity index (χ3n) is 3.09. The number of hydrogen-bond acceptors (Lipinski definition) is 5. The average Bonchev–Trinajstić information content (AvgIpc) is 3.26. The van der Waals surface area contributed by atoms with Crippen LogP contribution in [0.1, 0.15) is 0 Å². The van der Waals surface area contributed by atoms with E-state index in [1.807, 2.05) is 47.8 Å². The number of aromatic nitrogens is 4. The second kappa shape index (κ2) is 4.99. The predicted molar refractivity (Wildman–Crippen MR) is 80.6 cm³/mol. The van der Waals surface area contributed by atoms with Gasteiger partial charge in [0.05, 0.1) is 10.6 Å². The molecular weight excluding hydrogens is 284 g/mol. The SMILES string of the molecule is c1cc(-c2noc(-c3cccs3)n2)cc(-c2ccn[nH]2)c1. The van der Waals surface area contributed by atoms with Crippen LogP contribution in [0.4, 0.5) is 0 Å². The van der Waals surface area contributed by atoms with Gasteiger partial charge in [0.2, 0.25) is 5.82 Å². The first-order valence-corrected chi connectivity index (χ1v) is 7.26. The van der Waals surface area contributed by atoms with E-state index in [-0.39, 0.29) is 0 Å². The molecule has 0 unspecified atom stereocenters. The summed E-state index contributed by atoms with van der Waals surface area (Å²) in [4.78, 5) is 5.42. The highest BCUT2D eigenvalue weighted by Gasteiger charge is 2.12. The van der Waals surface area contributed by atoms with Gasteiger partial charge in [-0.25, -0.2) is 0 Å². The van der Waals surface area contributed by atoms with Gasteiger partial charge in [-0.3, -0.25) is 5.10 Å². The van der Waals surface area contributed by atoms with Crippen LogP contribution in [0.2, 0.25) is 0 Å². The standard InChI is InChI=1S/C15H10N4OS/c1-3-10(12-6-7-16-18-12)9-11(4-1)14-17-15(20-19-14)13-5-2-8-21-13/h1-9H,(H,16,18). The zero-order valence-corrected chi connectivity index (χ0v) is 11.7. The van der Waals surface area contributed by atoms with Gasteiger partial charge in [0.1, 0.15) is 0 Å². The van der Waals surface area contributed by atoms with Crippen molar-refractivity contribution in [1.29, 1.82) is 0 Å². The quantitative estimate of drug-likeness (QED) is 0.623. The van der Waals surface area contributed by atoms with Gasteiger partial charge in [-0.1, -0.05) is 29.4 Å². The molecule has 0 saturated carbocycles. The molecule has 1 aromatic carbocycles. The molecule has 0 spiro atoms. The molecule has 102 valence electrons. The number of benzene rings is 1. The van der Waals surface area contributed by atoms with Crippen molar-refractivity contribution in [1.82, 2.24) is 20.3 Å². The van der Waals surface area contributed by atoms with E-state index in [2.05, 4.69) is 20.3 Å². The van der Waals surface area contributed by atoms with E-state index in [9.17, 15) is 0 Å². The predicted octanol–water partition coefficient (Wildman–Crippen LogP) is 3.86. The molecule has 0 atom stereocenters. The Morgan fingerprint density at radius 2 is 2.00 bits per heavy atom. The molecule has 5 nitrogen and oxygen atoms in total. The number of H-pyrrole nitrogens is 1. The highest BCUT2D eigenvalue weighted by Crippen LogP contribution is 2.27. The summed E-state index contributed by atoms with van der Waals surface area (Å²) in [5.41, 5.74) is 2.90.